The first-order valence-corrected chi connectivity index (χ1v) is 7.80. The molecular formula is C18H16ClN3O2. The maximum atomic E-state index is 12.4. The summed E-state index contributed by atoms with van der Waals surface area (Å²) in [6.07, 6.45) is 1.81. The third-order valence-electron chi connectivity index (χ3n) is 3.77. The van der Waals surface area contributed by atoms with Crippen LogP contribution in [0.5, 0.6) is 0 Å². The zero-order chi connectivity index (χ0) is 17.1. The molecule has 2 aromatic carbocycles. The first-order valence-electron chi connectivity index (χ1n) is 7.42. The summed E-state index contributed by atoms with van der Waals surface area (Å²) in [7, 11) is 0. The van der Waals surface area contributed by atoms with Gasteiger partial charge in [-0.25, -0.2) is 0 Å². The third-order valence-corrected chi connectivity index (χ3v) is 4.01. The van der Waals surface area contributed by atoms with E-state index in [0.717, 1.165) is 10.9 Å². The highest BCUT2D eigenvalue weighted by Gasteiger charge is 2.20. The highest BCUT2D eigenvalue weighted by Crippen LogP contribution is 2.20. The molecule has 1 heterocycles. The Balaban J connectivity index is 1.78. The zero-order valence-corrected chi connectivity index (χ0v) is 13.5. The van der Waals surface area contributed by atoms with Gasteiger partial charge in [-0.1, -0.05) is 48.0 Å². The van der Waals surface area contributed by atoms with E-state index < -0.39 is 11.9 Å². The van der Waals surface area contributed by atoms with Crippen molar-refractivity contribution < 1.29 is 9.59 Å². The van der Waals surface area contributed by atoms with Crippen LogP contribution in [0.25, 0.3) is 10.9 Å². The molecule has 0 spiro atoms. The Hall–Kier alpha value is -2.79. The molecule has 0 unspecified atom stereocenters. The van der Waals surface area contributed by atoms with Crippen molar-refractivity contribution in [2.75, 3.05) is 0 Å². The van der Waals surface area contributed by atoms with Gasteiger partial charge in [0.2, 0.25) is 11.8 Å². The molecule has 0 aliphatic heterocycles. The molecule has 3 aromatic rings. The van der Waals surface area contributed by atoms with Crippen molar-refractivity contribution in [3.8, 4) is 0 Å². The van der Waals surface area contributed by atoms with Crippen molar-refractivity contribution >= 4 is 34.3 Å². The Bertz CT molecular complexity index is 890. The lowest BCUT2D eigenvalue weighted by Crippen LogP contribution is -2.39. The number of fused-ring (bicyclic) bond motifs is 1. The van der Waals surface area contributed by atoms with Gasteiger partial charge in [-0.15, -0.1) is 0 Å². The number of hydrogen-bond acceptors (Lipinski definition) is 2. The number of primary amides is 1. The normalized spacial score (nSPS) is 12.0. The minimum atomic E-state index is -0.857. The minimum Gasteiger partial charge on any atom is -0.368 e. The largest absolute Gasteiger partial charge is 0.368 e. The van der Waals surface area contributed by atoms with E-state index in [1.165, 1.54) is 0 Å². The molecule has 0 saturated heterocycles. The maximum absolute atomic E-state index is 12.4. The van der Waals surface area contributed by atoms with Crippen LogP contribution in [-0.4, -0.2) is 16.4 Å². The number of hydrogen-bond donors (Lipinski definition) is 2. The van der Waals surface area contributed by atoms with E-state index in [4.69, 9.17) is 17.3 Å². The summed E-state index contributed by atoms with van der Waals surface area (Å²) >= 11 is 6.01. The molecule has 0 bridgehead atoms. The summed E-state index contributed by atoms with van der Waals surface area (Å²) in [4.78, 5) is 24.0. The van der Waals surface area contributed by atoms with Gasteiger partial charge in [-0.05, 0) is 29.1 Å². The van der Waals surface area contributed by atoms with Crippen LogP contribution in [0.1, 0.15) is 11.6 Å². The second-order valence-electron chi connectivity index (χ2n) is 5.46. The Morgan fingerprint density at radius 3 is 2.58 bits per heavy atom. The third kappa shape index (κ3) is 3.41. The van der Waals surface area contributed by atoms with Gasteiger partial charge in [-0.3, -0.25) is 9.59 Å². The molecule has 6 heteroatoms. The first kappa shape index (κ1) is 16.1. The second kappa shape index (κ2) is 6.76. The summed E-state index contributed by atoms with van der Waals surface area (Å²) in [5.41, 5.74) is 6.93. The minimum absolute atomic E-state index is 0.0699. The van der Waals surface area contributed by atoms with Crippen molar-refractivity contribution in [3.63, 3.8) is 0 Å². The van der Waals surface area contributed by atoms with Crippen LogP contribution >= 0.6 is 11.6 Å². The number of amides is 2. The first-order chi connectivity index (χ1) is 11.5. The number of rotatable bonds is 5. The van der Waals surface area contributed by atoms with Crippen LogP contribution in [0, 0.1) is 0 Å². The monoisotopic (exact) mass is 341 g/mol. The topological polar surface area (TPSA) is 77.1 Å². The van der Waals surface area contributed by atoms with E-state index in [-0.39, 0.29) is 12.5 Å². The van der Waals surface area contributed by atoms with E-state index in [2.05, 4.69) is 5.32 Å². The van der Waals surface area contributed by atoms with Crippen molar-refractivity contribution in [2.24, 2.45) is 5.73 Å². The maximum Gasteiger partial charge on any atom is 0.244 e. The van der Waals surface area contributed by atoms with E-state index in [1.54, 1.807) is 41.0 Å². The van der Waals surface area contributed by atoms with Crippen LogP contribution in [-0.2, 0) is 16.1 Å². The van der Waals surface area contributed by atoms with Crippen molar-refractivity contribution in [3.05, 3.63) is 71.4 Å². The van der Waals surface area contributed by atoms with Gasteiger partial charge < -0.3 is 15.6 Å². The Morgan fingerprint density at radius 2 is 1.88 bits per heavy atom. The molecule has 5 nitrogen and oxygen atoms in total. The molecule has 122 valence electrons. The van der Waals surface area contributed by atoms with E-state index in [9.17, 15) is 9.59 Å². The fourth-order valence-electron chi connectivity index (χ4n) is 2.62. The molecule has 0 radical (unpaired) electrons. The SMILES string of the molecule is NC(=O)[C@@H](NC(=O)Cn1ccc2ccc(Cl)cc21)c1ccccc1. The predicted molar refractivity (Wildman–Crippen MR) is 93.5 cm³/mol. The summed E-state index contributed by atoms with van der Waals surface area (Å²) in [5, 5.41) is 4.27. The summed E-state index contributed by atoms with van der Waals surface area (Å²) in [6.45, 7) is 0.0699. The number of benzene rings is 2. The number of nitrogens with zero attached hydrogens (tertiary/aromatic N) is 1. The number of aromatic nitrogens is 1. The number of nitrogens with one attached hydrogen (secondary N) is 1. The molecule has 3 rings (SSSR count). The smallest absolute Gasteiger partial charge is 0.244 e. The van der Waals surface area contributed by atoms with Crippen LogP contribution in [0.2, 0.25) is 5.02 Å². The van der Waals surface area contributed by atoms with Crippen LogP contribution < -0.4 is 11.1 Å². The molecule has 0 aliphatic carbocycles. The Morgan fingerprint density at radius 1 is 1.12 bits per heavy atom. The molecule has 0 saturated carbocycles. The summed E-state index contributed by atoms with van der Waals surface area (Å²) in [6, 6.07) is 15.4. The fraction of sp³-hybridized carbons (Fsp3) is 0.111. The van der Waals surface area contributed by atoms with E-state index in [0.29, 0.717) is 10.6 Å². The Kier molecular flexibility index (Phi) is 4.53. The van der Waals surface area contributed by atoms with Crippen LogP contribution in [0.3, 0.4) is 0 Å². The standard InChI is InChI=1S/C18H16ClN3O2/c19-14-7-6-12-8-9-22(15(12)10-14)11-16(23)21-17(18(20)24)13-4-2-1-3-5-13/h1-10,17H,11H2,(H2,20,24)(H,21,23)/t17-/m0/s1. The highest BCUT2D eigenvalue weighted by atomic mass is 35.5. The molecule has 24 heavy (non-hydrogen) atoms. The molecule has 1 atom stereocenters. The highest BCUT2D eigenvalue weighted by molar-refractivity contribution is 6.31. The van der Waals surface area contributed by atoms with E-state index in [1.807, 2.05) is 24.4 Å². The molecule has 2 amide bonds. The number of halogens is 1. The Labute approximate surface area is 144 Å². The van der Waals surface area contributed by atoms with Gasteiger partial charge in [-0.2, -0.15) is 0 Å². The predicted octanol–water partition coefficient (Wildman–Crippen LogP) is 2.64. The zero-order valence-electron chi connectivity index (χ0n) is 12.8. The van der Waals surface area contributed by atoms with E-state index >= 15 is 0 Å². The fourth-order valence-corrected chi connectivity index (χ4v) is 2.79. The lowest BCUT2D eigenvalue weighted by molar-refractivity contribution is -0.127. The van der Waals surface area contributed by atoms with Crippen molar-refractivity contribution in [1.82, 2.24) is 9.88 Å². The van der Waals surface area contributed by atoms with Gasteiger partial charge in [0, 0.05) is 16.7 Å². The molecular weight excluding hydrogens is 326 g/mol. The number of carbonyl (C=O) groups excluding carboxylic acids is 2. The van der Waals surface area contributed by atoms with Gasteiger partial charge >= 0.3 is 0 Å². The number of carbonyl (C=O) groups is 2. The second-order valence-corrected chi connectivity index (χ2v) is 5.90. The molecule has 1 aromatic heterocycles. The molecule has 0 fully saturated rings. The molecule has 3 N–H and O–H groups in total. The molecule has 0 aliphatic rings. The summed E-state index contributed by atoms with van der Waals surface area (Å²) < 4.78 is 1.78. The lowest BCUT2D eigenvalue weighted by Gasteiger charge is -2.16. The van der Waals surface area contributed by atoms with Gasteiger partial charge in [0.1, 0.15) is 12.6 Å². The van der Waals surface area contributed by atoms with Crippen LogP contribution in [0.4, 0.5) is 0 Å². The average molecular weight is 342 g/mol. The average Bonchev–Trinajstić information content (AvgIpc) is 2.95. The van der Waals surface area contributed by atoms with Gasteiger partial charge in [0.15, 0.2) is 0 Å². The van der Waals surface area contributed by atoms with Gasteiger partial charge in [0.25, 0.3) is 0 Å². The van der Waals surface area contributed by atoms with Gasteiger partial charge in [0.05, 0.1) is 0 Å². The number of nitrogens with two attached hydrogens (primary N) is 1. The lowest BCUT2D eigenvalue weighted by atomic mass is 10.1. The van der Waals surface area contributed by atoms with Crippen molar-refractivity contribution in [1.29, 1.82) is 0 Å². The van der Waals surface area contributed by atoms with Crippen molar-refractivity contribution in [2.45, 2.75) is 12.6 Å². The quantitative estimate of drug-likeness (QED) is 0.748. The summed E-state index contributed by atoms with van der Waals surface area (Å²) in [5.74, 6) is -0.907. The van der Waals surface area contributed by atoms with Crippen LogP contribution in [0.15, 0.2) is 60.8 Å².